The van der Waals surface area contributed by atoms with E-state index in [9.17, 15) is 4.79 Å². The summed E-state index contributed by atoms with van der Waals surface area (Å²) in [6.07, 6.45) is 2.34. The SMILES string of the molecule is O=C1CCCC2=C1C(c1ccc(-c3cccc(Cl)c3)o1)c1c(ccc3ccccc13)N2. The predicted octanol–water partition coefficient (Wildman–Crippen LogP) is 7.32. The molecule has 0 radical (unpaired) electrons. The van der Waals surface area contributed by atoms with Gasteiger partial charge in [-0.15, -0.1) is 0 Å². The third-order valence-electron chi connectivity index (χ3n) is 6.31. The molecule has 3 nitrogen and oxygen atoms in total. The van der Waals surface area contributed by atoms with E-state index in [4.69, 9.17) is 16.0 Å². The molecule has 0 saturated heterocycles. The summed E-state index contributed by atoms with van der Waals surface area (Å²) < 4.78 is 6.39. The molecule has 0 amide bonds. The Morgan fingerprint density at radius 1 is 0.935 bits per heavy atom. The maximum absolute atomic E-state index is 13.1. The van der Waals surface area contributed by atoms with Crippen molar-refractivity contribution in [2.45, 2.75) is 25.2 Å². The highest BCUT2D eigenvalue weighted by Gasteiger charge is 2.37. The van der Waals surface area contributed by atoms with E-state index in [0.717, 1.165) is 63.2 Å². The Morgan fingerprint density at radius 2 is 1.84 bits per heavy atom. The van der Waals surface area contributed by atoms with Crippen LogP contribution in [0.15, 0.2) is 88.5 Å². The normalized spacial score (nSPS) is 18.0. The molecule has 3 aromatic carbocycles. The average Bonchev–Trinajstić information content (AvgIpc) is 3.28. The Morgan fingerprint density at radius 3 is 2.74 bits per heavy atom. The molecule has 0 bridgehead atoms. The van der Waals surface area contributed by atoms with Gasteiger partial charge < -0.3 is 9.73 Å². The first-order valence-electron chi connectivity index (χ1n) is 10.6. The number of nitrogens with one attached hydrogen (secondary N) is 1. The number of halogens is 1. The van der Waals surface area contributed by atoms with E-state index in [0.29, 0.717) is 11.4 Å². The second-order valence-corrected chi connectivity index (χ2v) is 8.62. The molecule has 2 heterocycles. The fourth-order valence-corrected chi connectivity index (χ4v) is 5.13. The Bertz CT molecular complexity index is 1380. The van der Waals surface area contributed by atoms with Crippen molar-refractivity contribution in [2.75, 3.05) is 5.32 Å². The zero-order valence-electron chi connectivity index (χ0n) is 16.8. The van der Waals surface area contributed by atoms with Gasteiger partial charge in [-0.3, -0.25) is 4.79 Å². The van der Waals surface area contributed by atoms with Crippen LogP contribution in [-0.4, -0.2) is 5.78 Å². The smallest absolute Gasteiger partial charge is 0.161 e. The molecule has 4 aromatic rings. The quantitative estimate of drug-likeness (QED) is 0.366. The molecule has 0 saturated carbocycles. The predicted molar refractivity (Wildman–Crippen MR) is 124 cm³/mol. The minimum Gasteiger partial charge on any atom is -0.460 e. The van der Waals surface area contributed by atoms with Gasteiger partial charge in [0.2, 0.25) is 0 Å². The first-order valence-corrected chi connectivity index (χ1v) is 11.0. The number of allylic oxidation sites excluding steroid dienone is 2. The van der Waals surface area contributed by atoms with Crippen LogP contribution in [0.1, 0.15) is 36.5 Å². The zero-order chi connectivity index (χ0) is 20.9. The van der Waals surface area contributed by atoms with Crippen molar-refractivity contribution >= 4 is 33.8 Å². The lowest BCUT2D eigenvalue weighted by Gasteiger charge is -2.33. The molecular weight excluding hydrogens is 406 g/mol. The van der Waals surface area contributed by atoms with Gasteiger partial charge in [-0.25, -0.2) is 0 Å². The van der Waals surface area contributed by atoms with Gasteiger partial charge in [0.25, 0.3) is 0 Å². The summed E-state index contributed by atoms with van der Waals surface area (Å²) in [4.78, 5) is 13.1. The van der Waals surface area contributed by atoms with Crippen LogP contribution in [0.4, 0.5) is 5.69 Å². The number of furan rings is 1. The minimum absolute atomic E-state index is 0.207. The number of ketones is 1. The van der Waals surface area contributed by atoms with Crippen LogP contribution < -0.4 is 5.32 Å². The summed E-state index contributed by atoms with van der Waals surface area (Å²) in [5, 5.41) is 6.53. The number of fused-ring (bicyclic) bond motifs is 3. The lowest BCUT2D eigenvalue weighted by Crippen LogP contribution is -2.26. The lowest BCUT2D eigenvalue weighted by molar-refractivity contribution is -0.116. The van der Waals surface area contributed by atoms with E-state index >= 15 is 0 Å². The minimum atomic E-state index is -0.224. The first kappa shape index (κ1) is 18.5. The van der Waals surface area contributed by atoms with Crippen molar-refractivity contribution in [1.29, 1.82) is 0 Å². The summed E-state index contributed by atoms with van der Waals surface area (Å²) in [6, 6.07) is 24.2. The third kappa shape index (κ3) is 3.00. The molecule has 1 atom stereocenters. The van der Waals surface area contributed by atoms with Crippen molar-refractivity contribution < 1.29 is 9.21 Å². The summed E-state index contributed by atoms with van der Waals surface area (Å²) in [7, 11) is 0. The molecule has 1 aromatic heterocycles. The molecule has 4 heteroatoms. The van der Waals surface area contributed by atoms with Crippen LogP contribution in [0.5, 0.6) is 0 Å². The summed E-state index contributed by atoms with van der Waals surface area (Å²) in [5.74, 6) is 1.52. The fourth-order valence-electron chi connectivity index (χ4n) is 4.94. The average molecular weight is 426 g/mol. The maximum Gasteiger partial charge on any atom is 0.161 e. The number of benzene rings is 3. The topological polar surface area (TPSA) is 42.2 Å². The third-order valence-corrected chi connectivity index (χ3v) is 6.55. The van der Waals surface area contributed by atoms with E-state index in [1.807, 2.05) is 48.5 Å². The van der Waals surface area contributed by atoms with Gasteiger partial charge >= 0.3 is 0 Å². The van der Waals surface area contributed by atoms with E-state index in [-0.39, 0.29) is 11.7 Å². The molecule has 0 fully saturated rings. The van der Waals surface area contributed by atoms with Gasteiger partial charge in [0.15, 0.2) is 5.78 Å². The molecule has 0 spiro atoms. The highest BCUT2D eigenvalue weighted by atomic mass is 35.5. The number of Topliss-reactive ketones (excluding diaryl/α,β-unsaturated/α-hetero) is 1. The van der Waals surface area contributed by atoms with E-state index < -0.39 is 0 Å². The van der Waals surface area contributed by atoms with Crippen molar-refractivity contribution in [3.63, 3.8) is 0 Å². The van der Waals surface area contributed by atoms with Crippen molar-refractivity contribution in [1.82, 2.24) is 0 Å². The lowest BCUT2D eigenvalue weighted by atomic mass is 9.76. The first-order chi connectivity index (χ1) is 15.2. The summed E-state index contributed by atoms with van der Waals surface area (Å²) in [5.41, 5.74) is 4.97. The number of carbonyl (C=O) groups is 1. The molecule has 1 aliphatic carbocycles. The Labute approximate surface area is 185 Å². The molecule has 2 aliphatic rings. The highest BCUT2D eigenvalue weighted by molar-refractivity contribution is 6.30. The Balaban J connectivity index is 1.58. The van der Waals surface area contributed by atoms with Crippen LogP contribution >= 0.6 is 11.6 Å². The molecular formula is C27H20ClNO2. The fraction of sp³-hybridized carbons (Fsp3) is 0.148. The van der Waals surface area contributed by atoms with Crippen LogP contribution in [0.3, 0.4) is 0 Å². The van der Waals surface area contributed by atoms with Crippen LogP contribution in [-0.2, 0) is 4.79 Å². The number of anilines is 1. The molecule has 31 heavy (non-hydrogen) atoms. The highest BCUT2D eigenvalue weighted by Crippen LogP contribution is 2.48. The summed E-state index contributed by atoms with van der Waals surface area (Å²) in [6.45, 7) is 0. The largest absolute Gasteiger partial charge is 0.460 e. The van der Waals surface area contributed by atoms with Crippen LogP contribution in [0.2, 0.25) is 5.02 Å². The van der Waals surface area contributed by atoms with Gasteiger partial charge in [0.1, 0.15) is 11.5 Å². The van der Waals surface area contributed by atoms with Crippen molar-refractivity contribution in [3.8, 4) is 11.3 Å². The zero-order valence-corrected chi connectivity index (χ0v) is 17.6. The van der Waals surface area contributed by atoms with Crippen LogP contribution in [0, 0.1) is 0 Å². The van der Waals surface area contributed by atoms with E-state index in [1.165, 1.54) is 0 Å². The van der Waals surface area contributed by atoms with Crippen molar-refractivity contribution in [2.24, 2.45) is 0 Å². The number of carbonyl (C=O) groups excluding carboxylic acids is 1. The van der Waals surface area contributed by atoms with Crippen LogP contribution in [0.25, 0.3) is 22.1 Å². The standard InChI is InChI=1S/C27H20ClNO2/c28-18-7-3-6-17(15-18)23-13-14-24(31-23)27-25-19-8-2-1-5-16(19)11-12-21(25)29-20-9-4-10-22(30)26(20)27/h1-3,5-8,11-15,27,29H,4,9-10H2. The van der Waals surface area contributed by atoms with E-state index in [2.05, 4.69) is 29.6 Å². The number of hydrogen-bond acceptors (Lipinski definition) is 3. The van der Waals surface area contributed by atoms with Gasteiger partial charge in [0.05, 0.1) is 5.92 Å². The number of rotatable bonds is 2. The monoisotopic (exact) mass is 425 g/mol. The second kappa shape index (κ2) is 7.14. The molecule has 1 unspecified atom stereocenters. The van der Waals surface area contributed by atoms with Gasteiger partial charge in [-0.2, -0.15) is 0 Å². The van der Waals surface area contributed by atoms with Crippen molar-refractivity contribution in [3.05, 3.63) is 100 Å². The second-order valence-electron chi connectivity index (χ2n) is 8.19. The Hall–Kier alpha value is -3.30. The van der Waals surface area contributed by atoms with Gasteiger partial charge in [0, 0.05) is 34.0 Å². The van der Waals surface area contributed by atoms with E-state index in [1.54, 1.807) is 0 Å². The molecule has 152 valence electrons. The summed E-state index contributed by atoms with van der Waals surface area (Å²) >= 11 is 6.19. The maximum atomic E-state index is 13.1. The molecule has 1 aliphatic heterocycles. The molecule has 6 rings (SSSR count). The van der Waals surface area contributed by atoms with Gasteiger partial charge in [-0.05, 0) is 59.5 Å². The van der Waals surface area contributed by atoms with Gasteiger partial charge in [-0.1, -0.05) is 54.1 Å². The Kier molecular flexibility index (Phi) is 4.25. The number of hydrogen-bond donors (Lipinski definition) is 1. The molecule has 1 N–H and O–H groups in total.